The fourth-order valence-electron chi connectivity index (χ4n) is 4.50. The number of nitrogens with one attached hydrogen (secondary N) is 1. The van der Waals surface area contributed by atoms with Gasteiger partial charge < -0.3 is 14.8 Å². The molecular formula is C27H28Cl2N6O4S. The van der Waals surface area contributed by atoms with Crippen LogP contribution in [0.5, 0.6) is 5.75 Å². The average Bonchev–Trinajstić information content (AvgIpc) is 3.28. The van der Waals surface area contributed by atoms with Crippen molar-refractivity contribution < 1.29 is 18.5 Å². The molecule has 2 atom stereocenters. The van der Waals surface area contributed by atoms with Crippen LogP contribution in [0.15, 0.2) is 53.3 Å². The van der Waals surface area contributed by atoms with Gasteiger partial charge in [-0.25, -0.2) is 13.9 Å². The van der Waals surface area contributed by atoms with Crippen molar-refractivity contribution >= 4 is 61.2 Å². The number of rotatable bonds is 7. The van der Waals surface area contributed by atoms with Gasteiger partial charge in [0.05, 0.1) is 27.4 Å². The maximum atomic E-state index is 13.5. The summed E-state index contributed by atoms with van der Waals surface area (Å²) in [5.74, 6) is 0.409. The van der Waals surface area contributed by atoms with E-state index >= 15 is 0 Å². The summed E-state index contributed by atoms with van der Waals surface area (Å²) in [7, 11) is -2.35. The predicted octanol–water partition coefficient (Wildman–Crippen LogP) is 6.58. The van der Waals surface area contributed by atoms with Gasteiger partial charge in [0.15, 0.2) is 17.7 Å². The van der Waals surface area contributed by atoms with E-state index in [1.165, 1.54) is 31.1 Å². The van der Waals surface area contributed by atoms with Crippen LogP contribution in [-0.4, -0.2) is 49.0 Å². The van der Waals surface area contributed by atoms with E-state index in [0.717, 1.165) is 24.8 Å². The van der Waals surface area contributed by atoms with Crippen molar-refractivity contribution in [1.29, 1.82) is 0 Å². The fourth-order valence-corrected chi connectivity index (χ4v) is 5.73. The standard InChI is InChI=1S/C27H28Cl2N6O4S/c1-16(25-20(28)14-30-15-21(25)29)39-18-8-9-22-19(12-18)26(33-35(22)24-6-4-5-11-38-24)27(36)32-17-7-10-23(31-13-17)34-40(2,3)37/h7-10,12-16,24H,4-6,11H2,1-3H3,(H,32,36). The molecule has 1 amide bonds. The zero-order chi connectivity index (χ0) is 28.4. The summed E-state index contributed by atoms with van der Waals surface area (Å²) in [5, 5.41) is 8.92. The van der Waals surface area contributed by atoms with Gasteiger partial charge in [-0.05, 0) is 56.5 Å². The molecule has 3 aromatic heterocycles. The van der Waals surface area contributed by atoms with Crippen molar-refractivity contribution in [3.8, 4) is 5.75 Å². The molecule has 1 aliphatic heterocycles. The van der Waals surface area contributed by atoms with Crippen molar-refractivity contribution in [2.75, 3.05) is 24.4 Å². The van der Waals surface area contributed by atoms with Gasteiger partial charge in [0.25, 0.3) is 5.91 Å². The summed E-state index contributed by atoms with van der Waals surface area (Å²) in [6.45, 7) is 2.47. The van der Waals surface area contributed by atoms with Crippen molar-refractivity contribution in [3.05, 3.63) is 70.2 Å². The van der Waals surface area contributed by atoms with E-state index in [0.29, 0.717) is 44.9 Å². The molecule has 2 unspecified atom stereocenters. The van der Waals surface area contributed by atoms with Gasteiger partial charge in [0, 0.05) is 52.2 Å². The first-order valence-corrected chi connectivity index (χ1v) is 15.7. The Morgan fingerprint density at radius 2 is 1.95 bits per heavy atom. The molecule has 1 fully saturated rings. The molecule has 4 aromatic rings. The lowest BCUT2D eigenvalue weighted by Gasteiger charge is -2.23. The average molecular weight is 604 g/mol. The minimum absolute atomic E-state index is 0.209. The van der Waals surface area contributed by atoms with Gasteiger partial charge in [-0.3, -0.25) is 9.78 Å². The van der Waals surface area contributed by atoms with E-state index < -0.39 is 21.7 Å². The molecule has 5 rings (SSSR count). The summed E-state index contributed by atoms with van der Waals surface area (Å²) in [5.41, 5.74) is 2.01. The highest BCUT2D eigenvalue weighted by Crippen LogP contribution is 2.35. The number of hydrogen-bond acceptors (Lipinski definition) is 8. The third-order valence-corrected chi connectivity index (χ3v) is 7.48. The molecule has 0 spiro atoms. The first kappa shape index (κ1) is 28.3. The van der Waals surface area contributed by atoms with Crippen LogP contribution in [-0.2, 0) is 14.5 Å². The van der Waals surface area contributed by atoms with E-state index in [4.69, 9.17) is 32.7 Å². The quantitative estimate of drug-likeness (QED) is 0.253. The number of aromatic nitrogens is 4. The van der Waals surface area contributed by atoms with Crippen molar-refractivity contribution in [3.63, 3.8) is 0 Å². The lowest BCUT2D eigenvalue weighted by atomic mass is 10.1. The molecule has 0 bridgehead atoms. The maximum absolute atomic E-state index is 13.5. The zero-order valence-electron chi connectivity index (χ0n) is 22.1. The van der Waals surface area contributed by atoms with Crippen molar-refractivity contribution in [1.82, 2.24) is 19.7 Å². The summed E-state index contributed by atoms with van der Waals surface area (Å²) in [4.78, 5) is 21.7. The normalized spacial score (nSPS) is 16.5. The Morgan fingerprint density at radius 3 is 2.60 bits per heavy atom. The SMILES string of the molecule is CC(Oc1ccc2c(c1)c(C(=O)Nc1ccc(N=S(C)(C)=O)nc1)nn2C1CCCCO1)c1c(Cl)cncc1Cl. The van der Waals surface area contributed by atoms with Crippen molar-refractivity contribution in [2.24, 2.45) is 4.36 Å². The number of benzene rings is 1. The molecule has 0 radical (unpaired) electrons. The summed E-state index contributed by atoms with van der Waals surface area (Å²) >= 11 is 12.7. The van der Waals surface area contributed by atoms with Crippen LogP contribution in [0.3, 0.4) is 0 Å². The fraction of sp³-hybridized carbons (Fsp3) is 0.333. The Morgan fingerprint density at radius 1 is 1.18 bits per heavy atom. The van der Waals surface area contributed by atoms with Crippen LogP contribution in [0.2, 0.25) is 10.0 Å². The molecule has 13 heteroatoms. The molecule has 0 aliphatic carbocycles. The highest BCUT2D eigenvalue weighted by molar-refractivity contribution is 7.92. The van der Waals surface area contributed by atoms with Gasteiger partial charge in [-0.1, -0.05) is 23.2 Å². The number of halogens is 2. The number of amides is 1. The van der Waals surface area contributed by atoms with Crippen LogP contribution in [0, 0.1) is 0 Å². The number of fused-ring (bicyclic) bond motifs is 1. The topological polar surface area (TPSA) is 121 Å². The summed E-state index contributed by atoms with van der Waals surface area (Å²) in [6, 6.07) is 8.69. The van der Waals surface area contributed by atoms with Crippen LogP contribution < -0.4 is 10.1 Å². The number of carbonyl (C=O) groups is 1. The summed E-state index contributed by atoms with van der Waals surface area (Å²) in [6.07, 6.45) is 9.57. The smallest absolute Gasteiger partial charge is 0.276 e. The number of pyridine rings is 2. The van der Waals surface area contributed by atoms with Crippen LogP contribution in [0.25, 0.3) is 10.9 Å². The Labute approximate surface area is 242 Å². The Kier molecular flexibility index (Phi) is 8.27. The van der Waals surface area contributed by atoms with E-state index in [1.807, 2.05) is 19.1 Å². The lowest BCUT2D eigenvalue weighted by Crippen LogP contribution is -2.20. The van der Waals surface area contributed by atoms with Gasteiger partial charge in [-0.2, -0.15) is 9.46 Å². The van der Waals surface area contributed by atoms with Crippen LogP contribution in [0.1, 0.15) is 54.6 Å². The van der Waals surface area contributed by atoms with Crippen molar-refractivity contribution in [2.45, 2.75) is 38.5 Å². The number of hydrogen-bond donors (Lipinski definition) is 1. The molecular weight excluding hydrogens is 575 g/mol. The van der Waals surface area contributed by atoms with Gasteiger partial charge in [0.2, 0.25) is 0 Å². The number of ether oxygens (including phenoxy) is 2. The molecule has 1 aliphatic rings. The predicted molar refractivity (Wildman–Crippen MR) is 156 cm³/mol. The largest absolute Gasteiger partial charge is 0.486 e. The summed E-state index contributed by atoms with van der Waals surface area (Å²) < 4.78 is 29.9. The number of anilines is 1. The third-order valence-electron chi connectivity index (χ3n) is 6.25. The monoisotopic (exact) mass is 602 g/mol. The molecule has 0 saturated carbocycles. The minimum Gasteiger partial charge on any atom is -0.486 e. The maximum Gasteiger partial charge on any atom is 0.276 e. The first-order chi connectivity index (χ1) is 19.1. The molecule has 1 N–H and O–H groups in total. The number of nitrogens with zero attached hydrogens (tertiary/aromatic N) is 5. The van der Waals surface area contributed by atoms with Gasteiger partial charge in [0.1, 0.15) is 11.9 Å². The highest BCUT2D eigenvalue weighted by atomic mass is 35.5. The molecule has 40 heavy (non-hydrogen) atoms. The van der Waals surface area contributed by atoms with Gasteiger partial charge in [-0.15, -0.1) is 0 Å². The third kappa shape index (κ3) is 6.38. The van der Waals surface area contributed by atoms with E-state index in [9.17, 15) is 9.00 Å². The zero-order valence-corrected chi connectivity index (χ0v) is 24.5. The van der Waals surface area contributed by atoms with E-state index in [-0.39, 0.29) is 11.9 Å². The number of carbonyl (C=O) groups excluding carboxylic acids is 1. The molecule has 10 nitrogen and oxygen atoms in total. The molecule has 1 aromatic carbocycles. The highest BCUT2D eigenvalue weighted by Gasteiger charge is 2.25. The first-order valence-electron chi connectivity index (χ1n) is 12.6. The van der Waals surface area contributed by atoms with E-state index in [2.05, 4.69) is 24.7 Å². The second kappa shape index (κ2) is 11.7. The lowest BCUT2D eigenvalue weighted by molar-refractivity contribution is -0.0367. The minimum atomic E-state index is -2.35. The molecule has 4 heterocycles. The van der Waals surface area contributed by atoms with Crippen LogP contribution >= 0.6 is 23.2 Å². The van der Waals surface area contributed by atoms with Gasteiger partial charge >= 0.3 is 0 Å². The van der Waals surface area contributed by atoms with E-state index in [1.54, 1.807) is 22.9 Å². The Hall–Kier alpha value is -3.25. The van der Waals surface area contributed by atoms with Crippen LogP contribution in [0.4, 0.5) is 11.5 Å². The molecule has 210 valence electrons. The molecule has 1 saturated heterocycles. The Bertz CT molecular complexity index is 1650. The second-order valence-electron chi connectivity index (χ2n) is 9.70. The second-order valence-corrected chi connectivity index (χ2v) is 13.1. The Balaban J connectivity index is 1.48.